The molecule has 4 heteroatoms. The van der Waals surface area contributed by atoms with E-state index in [1.807, 2.05) is 41.3 Å². The predicted molar refractivity (Wildman–Crippen MR) is 122 cm³/mol. The molecule has 1 aliphatic rings. The van der Waals surface area contributed by atoms with Gasteiger partial charge in [0.2, 0.25) is 0 Å². The molecular weight excluding hydrogens is 387 g/mol. The molecule has 1 saturated carbocycles. The average Bonchev–Trinajstić information content (AvgIpc) is 2.82. The summed E-state index contributed by atoms with van der Waals surface area (Å²) < 4.78 is 13.5. The van der Waals surface area contributed by atoms with Gasteiger partial charge >= 0.3 is 6.03 Å². The van der Waals surface area contributed by atoms with Gasteiger partial charge < -0.3 is 10.2 Å². The molecule has 0 aromatic heterocycles. The lowest BCUT2D eigenvalue weighted by Crippen LogP contribution is -2.46. The number of carbonyl (C=O) groups is 1. The Hall–Kier alpha value is -3.14. The number of amides is 2. The number of halogens is 1. The number of nitrogens with zero attached hydrogens (tertiary/aromatic N) is 1. The minimum Gasteiger partial charge on any atom is -0.335 e. The summed E-state index contributed by atoms with van der Waals surface area (Å²) >= 11 is 0. The zero-order chi connectivity index (χ0) is 21.5. The Balaban J connectivity index is 1.70. The van der Waals surface area contributed by atoms with Gasteiger partial charge in [-0.2, -0.15) is 0 Å². The van der Waals surface area contributed by atoms with Crippen molar-refractivity contribution in [2.75, 3.05) is 0 Å². The van der Waals surface area contributed by atoms with Crippen molar-refractivity contribution in [3.05, 3.63) is 107 Å². The van der Waals surface area contributed by atoms with E-state index in [4.69, 9.17) is 0 Å². The third-order valence-electron chi connectivity index (χ3n) is 6.00. The first-order valence-corrected chi connectivity index (χ1v) is 11.1. The standard InChI is InChI=1S/C27H29FN2O/c28-24-18-16-21(17-19-24)20-30(27(31)29-25-14-8-3-9-15-25)26(22-10-4-1-5-11-22)23-12-6-2-7-13-23/h1-2,4-7,10-13,16-19,25-26H,3,8-9,14-15,20H2,(H,29,31). The van der Waals surface area contributed by atoms with Gasteiger partial charge in [-0.25, -0.2) is 9.18 Å². The summed E-state index contributed by atoms with van der Waals surface area (Å²) in [5.41, 5.74) is 3.00. The maximum absolute atomic E-state index is 13.6. The van der Waals surface area contributed by atoms with Crippen LogP contribution in [0.3, 0.4) is 0 Å². The minimum absolute atomic E-state index is 0.0751. The molecule has 1 N–H and O–H groups in total. The molecule has 2 amide bonds. The first-order chi connectivity index (χ1) is 15.2. The predicted octanol–water partition coefficient (Wildman–Crippen LogP) is 6.46. The average molecular weight is 417 g/mol. The largest absolute Gasteiger partial charge is 0.335 e. The molecule has 0 heterocycles. The third kappa shape index (κ3) is 5.52. The molecule has 160 valence electrons. The Morgan fingerprint density at radius 2 is 1.39 bits per heavy atom. The highest BCUT2D eigenvalue weighted by Crippen LogP contribution is 2.31. The first-order valence-electron chi connectivity index (χ1n) is 11.1. The molecule has 1 aliphatic carbocycles. The van der Waals surface area contributed by atoms with Gasteiger partial charge in [0.05, 0.1) is 6.04 Å². The van der Waals surface area contributed by atoms with E-state index < -0.39 is 0 Å². The van der Waals surface area contributed by atoms with Crippen LogP contribution in [0.25, 0.3) is 0 Å². The van der Waals surface area contributed by atoms with Crippen LogP contribution in [-0.4, -0.2) is 17.0 Å². The Labute approximate surface area is 183 Å². The van der Waals surface area contributed by atoms with Crippen molar-refractivity contribution in [3.63, 3.8) is 0 Å². The Bertz CT molecular complexity index is 914. The number of hydrogen-bond acceptors (Lipinski definition) is 1. The van der Waals surface area contributed by atoms with Gasteiger partial charge in [0.25, 0.3) is 0 Å². The fourth-order valence-electron chi connectivity index (χ4n) is 4.39. The van der Waals surface area contributed by atoms with Gasteiger partial charge in [-0.15, -0.1) is 0 Å². The number of nitrogens with one attached hydrogen (secondary N) is 1. The van der Waals surface area contributed by atoms with Crippen molar-refractivity contribution in [2.45, 2.75) is 50.7 Å². The summed E-state index contributed by atoms with van der Waals surface area (Å²) in [6.45, 7) is 0.396. The van der Waals surface area contributed by atoms with E-state index in [2.05, 4.69) is 29.6 Å². The molecule has 0 aliphatic heterocycles. The number of carbonyl (C=O) groups excluding carboxylic acids is 1. The molecule has 0 saturated heterocycles. The Morgan fingerprint density at radius 3 is 1.94 bits per heavy atom. The van der Waals surface area contributed by atoms with E-state index >= 15 is 0 Å². The Kier molecular flexibility index (Phi) is 6.98. The number of urea groups is 1. The first kappa shape index (κ1) is 21.1. The van der Waals surface area contributed by atoms with Gasteiger partial charge in [0.15, 0.2) is 0 Å². The highest BCUT2D eigenvalue weighted by atomic mass is 19.1. The maximum Gasteiger partial charge on any atom is 0.318 e. The van der Waals surface area contributed by atoms with E-state index in [9.17, 15) is 9.18 Å². The SMILES string of the molecule is O=C(NC1CCCCC1)N(Cc1ccc(F)cc1)C(c1ccccc1)c1ccccc1. The molecule has 0 bridgehead atoms. The lowest BCUT2D eigenvalue weighted by molar-refractivity contribution is 0.173. The van der Waals surface area contributed by atoms with E-state index in [-0.39, 0.29) is 23.9 Å². The zero-order valence-corrected chi connectivity index (χ0v) is 17.7. The molecule has 0 unspecified atom stereocenters. The molecule has 0 atom stereocenters. The number of benzene rings is 3. The highest BCUT2D eigenvalue weighted by molar-refractivity contribution is 5.76. The second-order valence-electron chi connectivity index (χ2n) is 8.26. The summed E-state index contributed by atoms with van der Waals surface area (Å²) in [5, 5.41) is 3.28. The topological polar surface area (TPSA) is 32.3 Å². The summed E-state index contributed by atoms with van der Waals surface area (Å²) in [5.74, 6) is -0.273. The van der Waals surface area contributed by atoms with Crippen LogP contribution in [0.2, 0.25) is 0 Å². The van der Waals surface area contributed by atoms with Crippen molar-refractivity contribution in [1.82, 2.24) is 10.2 Å². The smallest absolute Gasteiger partial charge is 0.318 e. The van der Waals surface area contributed by atoms with E-state index in [0.29, 0.717) is 6.54 Å². The molecule has 4 rings (SSSR count). The molecule has 0 spiro atoms. The van der Waals surface area contributed by atoms with Crippen molar-refractivity contribution in [3.8, 4) is 0 Å². The number of rotatable bonds is 6. The highest BCUT2D eigenvalue weighted by Gasteiger charge is 2.28. The van der Waals surface area contributed by atoms with Gasteiger partial charge in [0, 0.05) is 12.6 Å². The maximum atomic E-state index is 13.6. The molecule has 3 nitrogen and oxygen atoms in total. The van der Waals surface area contributed by atoms with Crippen LogP contribution in [0.5, 0.6) is 0 Å². The molecule has 0 radical (unpaired) electrons. The van der Waals surface area contributed by atoms with Crippen LogP contribution in [0, 0.1) is 5.82 Å². The Morgan fingerprint density at radius 1 is 0.839 bits per heavy atom. The van der Waals surface area contributed by atoms with Crippen LogP contribution < -0.4 is 5.32 Å². The third-order valence-corrected chi connectivity index (χ3v) is 6.00. The minimum atomic E-state index is -0.273. The van der Waals surface area contributed by atoms with Gasteiger partial charge in [-0.05, 0) is 41.7 Å². The van der Waals surface area contributed by atoms with E-state index in [1.54, 1.807) is 12.1 Å². The van der Waals surface area contributed by atoms with Gasteiger partial charge in [-0.1, -0.05) is 92.1 Å². The van der Waals surface area contributed by atoms with Crippen LogP contribution >= 0.6 is 0 Å². The molecular formula is C27H29FN2O. The van der Waals surface area contributed by atoms with Crippen molar-refractivity contribution in [2.24, 2.45) is 0 Å². The lowest BCUT2D eigenvalue weighted by atomic mass is 9.95. The summed E-state index contributed by atoms with van der Waals surface area (Å²) in [6.07, 6.45) is 5.60. The second kappa shape index (κ2) is 10.3. The fourth-order valence-corrected chi connectivity index (χ4v) is 4.39. The summed E-state index contributed by atoms with van der Waals surface area (Å²) in [6, 6.07) is 26.5. The van der Waals surface area contributed by atoms with Crippen LogP contribution in [-0.2, 0) is 6.54 Å². The van der Waals surface area contributed by atoms with E-state index in [0.717, 1.165) is 42.4 Å². The summed E-state index contributed by atoms with van der Waals surface area (Å²) in [4.78, 5) is 15.5. The van der Waals surface area contributed by atoms with Crippen molar-refractivity contribution >= 4 is 6.03 Å². The lowest BCUT2D eigenvalue weighted by Gasteiger charge is -2.35. The van der Waals surface area contributed by atoms with E-state index in [1.165, 1.54) is 18.6 Å². The normalized spacial score (nSPS) is 14.4. The second-order valence-corrected chi connectivity index (χ2v) is 8.26. The zero-order valence-electron chi connectivity index (χ0n) is 17.7. The summed E-state index contributed by atoms with van der Waals surface area (Å²) in [7, 11) is 0. The fraction of sp³-hybridized carbons (Fsp3) is 0.296. The van der Waals surface area contributed by atoms with Crippen LogP contribution in [0.15, 0.2) is 84.9 Å². The molecule has 1 fully saturated rings. The van der Waals surface area contributed by atoms with Crippen molar-refractivity contribution < 1.29 is 9.18 Å². The molecule has 3 aromatic carbocycles. The van der Waals surface area contributed by atoms with Crippen LogP contribution in [0.1, 0.15) is 54.8 Å². The van der Waals surface area contributed by atoms with Gasteiger partial charge in [0.1, 0.15) is 5.82 Å². The quantitative estimate of drug-likeness (QED) is 0.491. The monoisotopic (exact) mass is 416 g/mol. The molecule has 31 heavy (non-hydrogen) atoms. The van der Waals surface area contributed by atoms with Crippen LogP contribution in [0.4, 0.5) is 9.18 Å². The van der Waals surface area contributed by atoms with Gasteiger partial charge in [-0.3, -0.25) is 0 Å². The molecule has 3 aromatic rings. The number of hydrogen-bond donors (Lipinski definition) is 1. The van der Waals surface area contributed by atoms with Crippen molar-refractivity contribution in [1.29, 1.82) is 0 Å².